The van der Waals surface area contributed by atoms with Gasteiger partial charge in [0.15, 0.2) is 0 Å². The fraction of sp³-hybridized carbons (Fsp3) is 0.0952. The normalized spacial score (nSPS) is 10.9. The summed E-state index contributed by atoms with van der Waals surface area (Å²) in [4.78, 5) is 31.5. The lowest BCUT2D eigenvalue weighted by Crippen LogP contribution is -2.13. The molecule has 4 rings (SSSR count). The molecule has 0 radical (unpaired) electrons. The lowest BCUT2D eigenvalue weighted by atomic mass is 10.1. The second-order valence-electron chi connectivity index (χ2n) is 6.06. The predicted molar refractivity (Wildman–Crippen MR) is 100 cm³/mol. The molecule has 2 aromatic carbocycles. The van der Waals surface area contributed by atoms with Crippen LogP contribution in [0, 0.1) is 6.92 Å². The zero-order valence-corrected chi connectivity index (χ0v) is 14.6. The van der Waals surface area contributed by atoms with Crippen LogP contribution in [0.4, 0.5) is 0 Å². The van der Waals surface area contributed by atoms with Gasteiger partial charge in [-0.1, -0.05) is 36.4 Å². The van der Waals surface area contributed by atoms with E-state index in [1.165, 1.54) is 6.07 Å². The molecule has 0 aliphatic heterocycles. The SMILES string of the molecule is Cc1oc(-c2ccccc2)nc1COC(=O)c1cc(=O)[nH]c2ccccc12. The van der Waals surface area contributed by atoms with Gasteiger partial charge >= 0.3 is 5.97 Å². The van der Waals surface area contributed by atoms with E-state index in [4.69, 9.17) is 9.15 Å². The van der Waals surface area contributed by atoms with E-state index in [1.807, 2.05) is 30.3 Å². The summed E-state index contributed by atoms with van der Waals surface area (Å²) in [5, 5.41) is 0.629. The molecule has 2 aromatic heterocycles. The Kier molecular flexibility index (Phi) is 4.30. The van der Waals surface area contributed by atoms with Gasteiger partial charge in [0.1, 0.15) is 18.1 Å². The molecule has 0 amide bonds. The molecule has 0 fully saturated rings. The number of aryl methyl sites for hydroxylation is 1. The molecule has 27 heavy (non-hydrogen) atoms. The average Bonchev–Trinajstić information content (AvgIpc) is 3.07. The highest BCUT2D eigenvalue weighted by atomic mass is 16.5. The van der Waals surface area contributed by atoms with Gasteiger partial charge in [0, 0.05) is 22.5 Å². The Morgan fingerprint density at radius 2 is 1.85 bits per heavy atom. The minimum absolute atomic E-state index is 0.0396. The third-order valence-corrected chi connectivity index (χ3v) is 4.22. The van der Waals surface area contributed by atoms with Gasteiger partial charge in [0.05, 0.1) is 5.56 Å². The Hall–Kier alpha value is -3.67. The van der Waals surface area contributed by atoms with Crippen LogP contribution in [-0.4, -0.2) is 15.9 Å². The van der Waals surface area contributed by atoms with Crippen LogP contribution >= 0.6 is 0 Å². The first-order chi connectivity index (χ1) is 13.1. The number of esters is 1. The fourth-order valence-corrected chi connectivity index (χ4v) is 2.85. The number of nitrogens with one attached hydrogen (secondary N) is 1. The van der Waals surface area contributed by atoms with Crippen molar-refractivity contribution < 1.29 is 13.9 Å². The van der Waals surface area contributed by atoms with E-state index in [1.54, 1.807) is 31.2 Å². The summed E-state index contributed by atoms with van der Waals surface area (Å²) in [5.41, 5.74) is 1.83. The number of hydrogen-bond donors (Lipinski definition) is 1. The number of benzene rings is 2. The number of oxazole rings is 1. The summed E-state index contributed by atoms with van der Waals surface area (Å²) >= 11 is 0. The van der Waals surface area contributed by atoms with Crippen molar-refractivity contribution in [1.82, 2.24) is 9.97 Å². The molecule has 0 aliphatic rings. The van der Waals surface area contributed by atoms with Crippen LogP contribution in [0.1, 0.15) is 21.8 Å². The standard InChI is InChI=1S/C21H16N2O4/c1-13-18(23-20(27-13)14-7-3-2-4-8-14)12-26-21(25)16-11-19(24)22-17-10-6-5-9-15(16)17/h2-11H,12H2,1H3,(H,22,24). The zero-order valence-electron chi connectivity index (χ0n) is 14.6. The van der Waals surface area contributed by atoms with Crippen LogP contribution in [0.2, 0.25) is 0 Å². The van der Waals surface area contributed by atoms with Crippen LogP contribution < -0.4 is 5.56 Å². The predicted octanol–water partition coefficient (Wildman–Crippen LogP) is 3.85. The van der Waals surface area contributed by atoms with Gasteiger partial charge in [-0.05, 0) is 25.1 Å². The van der Waals surface area contributed by atoms with Gasteiger partial charge < -0.3 is 14.1 Å². The largest absolute Gasteiger partial charge is 0.455 e. The zero-order chi connectivity index (χ0) is 18.8. The maximum atomic E-state index is 12.5. The van der Waals surface area contributed by atoms with E-state index in [0.717, 1.165) is 5.56 Å². The topological polar surface area (TPSA) is 85.2 Å². The molecule has 0 aliphatic carbocycles. The number of fused-ring (bicyclic) bond motifs is 1. The van der Waals surface area contributed by atoms with Crippen LogP contribution in [0.5, 0.6) is 0 Å². The van der Waals surface area contributed by atoms with Crippen molar-refractivity contribution in [3.8, 4) is 11.5 Å². The van der Waals surface area contributed by atoms with Crippen molar-refractivity contribution >= 4 is 16.9 Å². The van der Waals surface area contributed by atoms with Crippen molar-refractivity contribution in [3.05, 3.63) is 88.0 Å². The molecule has 6 heteroatoms. The number of H-pyrrole nitrogens is 1. The lowest BCUT2D eigenvalue weighted by Gasteiger charge is -2.06. The van der Waals surface area contributed by atoms with E-state index in [0.29, 0.717) is 28.2 Å². The molecule has 0 bridgehead atoms. The van der Waals surface area contributed by atoms with Gasteiger partial charge in [-0.2, -0.15) is 0 Å². The first-order valence-electron chi connectivity index (χ1n) is 8.43. The van der Waals surface area contributed by atoms with E-state index in [9.17, 15) is 9.59 Å². The molecule has 0 atom stereocenters. The third kappa shape index (κ3) is 3.37. The molecule has 0 unspecified atom stereocenters. The van der Waals surface area contributed by atoms with E-state index >= 15 is 0 Å². The first-order valence-corrected chi connectivity index (χ1v) is 8.43. The molecule has 2 heterocycles. The lowest BCUT2D eigenvalue weighted by molar-refractivity contribution is 0.0469. The van der Waals surface area contributed by atoms with Crippen molar-refractivity contribution in [3.63, 3.8) is 0 Å². The Bertz CT molecular complexity index is 1180. The number of hydrogen-bond acceptors (Lipinski definition) is 5. The quantitative estimate of drug-likeness (QED) is 0.559. The number of pyridine rings is 1. The van der Waals surface area contributed by atoms with Crippen molar-refractivity contribution in [2.45, 2.75) is 13.5 Å². The highest BCUT2D eigenvalue weighted by Gasteiger charge is 2.16. The van der Waals surface area contributed by atoms with Gasteiger partial charge in [0.2, 0.25) is 11.4 Å². The summed E-state index contributed by atoms with van der Waals surface area (Å²) in [7, 11) is 0. The molecule has 0 saturated heterocycles. The molecule has 4 aromatic rings. The van der Waals surface area contributed by atoms with Gasteiger partial charge in [-0.3, -0.25) is 4.79 Å². The molecular weight excluding hydrogens is 344 g/mol. The number of aromatic nitrogens is 2. The van der Waals surface area contributed by atoms with Crippen LogP contribution in [-0.2, 0) is 11.3 Å². The fourth-order valence-electron chi connectivity index (χ4n) is 2.85. The van der Waals surface area contributed by atoms with Crippen LogP contribution in [0.25, 0.3) is 22.4 Å². The molecule has 0 saturated carbocycles. The Balaban J connectivity index is 1.57. The second-order valence-corrected chi connectivity index (χ2v) is 6.06. The van der Waals surface area contributed by atoms with Crippen molar-refractivity contribution in [1.29, 1.82) is 0 Å². The summed E-state index contributed by atoms with van der Waals surface area (Å²) in [6, 6.07) is 17.8. The number of nitrogens with zero attached hydrogens (tertiary/aromatic N) is 1. The smallest absolute Gasteiger partial charge is 0.339 e. The number of aromatic amines is 1. The number of rotatable bonds is 4. The average molecular weight is 360 g/mol. The van der Waals surface area contributed by atoms with Gasteiger partial charge in [-0.15, -0.1) is 0 Å². The molecule has 134 valence electrons. The molecule has 1 N–H and O–H groups in total. The van der Waals surface area contributed by atoms with Crippen LogP contribution in [0.15, 0.2) is 69.9 Å². The van der Waals surface area contributed by atoms with E-state index in [-0.39, 0.29) is 17.7 Å². The highest BCUT2D eigenvalue weighted by Crippen LogP contribution is 2.22. The first kappa shape index (κ1) is 16.8. The summed E-state index contributed by atoms with van der Waals surface area (Å²) in [6.07, 6.45) is 0. The number of carbonyl (C=O) groups excluding carboxylic acids is 1. The highest BCUT2D eigenvalue weighted by molar-refractivity contribution is 6.03. The van der Waals surface area contributed by atoms with Gasteiger partial charge in [0.25, 0.3) is 0 Å². The molecule has 6 nitrogen and oxygen atoms in total. The number of ether oxygens (including phenoxy) is 1. The summed E-state index contributed by atoms with van der Waals surface area (Å²) in [6.45, 7) is 1.73. The molecule has 0 spiro atoms. The summed E-state index contributed by atoms with van der Waals surface area (Å²) in [5.74, 6) is 0.471. The minimum Gasteiger partial charge on any atom is -0.455 e. The Labute approximate surface area is 154 Å². The van der Waals surface area contributed by atoms with E-state index in [2.05, 4.69) is 9.97 Å². The summed E-state index contributed by atoms with van der Waals surface area (Å²) < 4.78 is 11.1. The number of para-hydroxylation sites is 1. The maximum absolute atomic E-state index is 12.5. The Morgan fingerprint density at radius 1 is 1.11 bits per heavy atom. The minimum atomic E-state index is -0.582. The van der Waals surface area contributed by atoms with Crippen molar-refractivity contribution in [2.75, 3.05) is 0 Å². The molecular formula is C21H16N2O4. The maximum Gasteiger partial charge on any atom is 0.339 e. The van der Waals surface area contributed by atoms with Crippen molar-refractivity contribution in [2.24, 2.45) is 0 Å². The number of carbonyl (C=O) groups is 1. The Morgan fingerprint density at radius 3 is 2.67 bits per heavy atom. The second kappa shape index (κ2) is 6.92. The van der Waals surface area contributed by atoms with E-state index < -0.39 is 5.97 Å². The monoisotopic (exact) mass is 360 g/mol. The third-order valence-electron chi connectivity index (χ3n) is 4.22. The van der Waals surface area contributed by atoms with Crippen LogP contribution in [0.3, 0.4) is 0 Å². The van der Waals surface area contributed by atoms with Gasteiger partial charge in [-0.25, -0.2) is 9.78 Å².